The second-order valence-corrected chi connectivity index (χ2v) is 10.3. The summed E-state index contributed by atoms with van der Waals surface area (Å²) in [5, 5.41) is 14.2. The quantitative estimate of drug-likeness (QED) is 0.418. The third-order valence-corrected chi connectivity index (χ3v) is 7.69. The second-order valence-electron chi connectivity index (χ2n) is 8.41. The van der Waals surface area contributed by atoms with Crippen molar-refractivity contribution in [2.45, 2.75) is 51.4 Å². The Morgan fingerprint density at radius 1 is 1.27 bits per heavy atom. The molecule has 5 rings (SSSR count). The highest BCUT2D eigenvalue weighted by Gasteiger charge is 2.23. The topological polar surface area (TPSA) is 90.5 Å². The van der Waals surface area contributed by atoms with E-state index in [-0.39, 0.29) is 23.3 Å². The van der Waals surface area contributed by atoms with E-state index in [4.69, 9.17) is 4.74 Å². The maximum Gasteiger partial charge on any atom is 0.272 e. The van der Waals surface area contributed by atoms with Gasteiger partial charge < -0.3 is 10.1 Å². The number of aromatic nitrogens is 4. The molecule has 1 aliphatic heterocycles. The molecule has 0 aliphatic carbocycles. The van der Waals surface area contributed by atoms with E-state index < -0.39 is 0 Å². The predicted molar refractivity (Wildman–Crippen MR) is 132 cm³/mol. The molecule has 1 amide bonds. The molecule has 0 bridgehead atoms. The van der Waals surface area contributed by atoms with Crippen LogP contribution in [0.4, 0.5) is 5.69 Å². The zero-order chi connectivity index (χ0) is 23.1. The highest BCUT2D eigenvalue weighted by atomic mass is 32.2. The Morgan fingerprint density at radius 2 is 2.06 bits per heavy atom. The molecule has 4 aromatic rings. The van der Waals surface area contributed by atoms with Crippen molar-refractivity contribution in [1.82, 2.24) is 19.2 Å². The minimum absolute atomic E-state index is 0.00322. The van der Waals surface area contributed by atoms with Crippen LogP contribution in [0, 0.1) is 20.8 Å². The third kappa shape index (κ3) is 4.18. The highest BCUT2D eigenvalue weighted by molar-refractivity contribution is 7.99. The maximum atomic E-state index is 13.1. The average Bonchev–Trinajstić information content (AvgIpc) is 3.52. The number of aryl methyl sites for hydroxylation is 3. The van der Waals surface area contributed by atoms with Crippen molar-refractivity contribution in [3.63, 3.8) is 0 Å². The lowest BCUT2D eigenvalue weighted by Crippen LogP contribution is -2.28. The van der Waals surface area contributed by atoms with E-state index in [9.17, 15) is 9.59 Å². The normalized spacial score (nSPS) is 16.2. The molecule has 1 unspecified atom stereocenters. The highest BCUT2D eigenvalue weighted by Crippen LogP contribution is 2.26. The monoisotopic (exact) mass is 483 g/mol. The molecular formula is C23H25N5O3S2. The van der Waals surface area contributed by atoms with Gasteiger partial charge in [0.05, 0.1) is 23.9 Å². The average molecular weight is 484 g/mol. The number of anilines is 1. The SMILES string of the molecule is Cc1cc(C)c(NC(=O)CSc2nnc3n(CC4CCCO4)c(=O)c4sccc4n23)c(C)c1. The van der Waals surface area contributed by atoms with Gasteiger partial charge in [-0.3, -0.25) is 18.6 Å². The van der Waals surface area contributed by atoms with Gasteiger partial charge in [0.1, 0.15) is 4.70 Å². The van der Waals surface area contributed by atoms with Gasteiger partial charge in [-0.25, -0.2) is 0 Å². The smallest absolute Gasteiger partial charge is 0.272 e. The molecule has 1 fully saturated rings. The number of rotatable bonds is 6. The molecule has 4 heterocycles. The lowest BCUT2D eigenvalue weighted by molar-refractivity contribution is -0.113. The van der Waals surface area contributed by atoms with Gasteiger partial charge in [0.15, 0.2) is 5.16 Å². The van der Waals surface area contributed by atoms with Gasteiger partial charge in [-0.15, -0.1) is 21.5 Å². The van der Waals surface area contributed by atoms with Gasteiger partial charge in [0.2, 0.25) is 11.7 Å². The van der Waals surface area contributed by atoms with Crippen molar-refractivity contribution in [1.29, 1.82) is 0 Å². The minimum Gasteiger partial charge on any atom is -0.376 e. The van der Waals surface area contributed by atoms with Crippen molar-refractivity contribution < 1.29 is 9.53 Å². The Kier molecular flexibility index (Phi) is 5.98. The van der Waals surface area contributed by atoms with Crippen LogP contribution in [-0.2, 0) is 16.1 Å². The second kappa shape index (κ2) is 8.92. The van der Waals surface area contributed by atoms with Gasteiger partial charge in [0.25, 0.3) is 5.56 Å². The fourth-order valence-electron chi connectivity index (χ4n) is 4.43. The molecule has 0 radical (unpaired) electrons. The Hall–Kier alpha value is -2.69. The summed E-state index contributed by atoms with van der Waals surface area (Å²) in [4.78, 5) is 25.9. The van der Waals surface area contributed by atoms with Crippen molar-refractivity contribution >= 4 is 50.7 Å². The Balaban J connectivity index is 1.43. The molecule has 10 heteroatoms. The van der Waals surface area contributed by atoms with Crippen LogP contribution in [-0.4, -0.2) is 43.5 Å². The number of benzene rings is 1. The van der Waals surface area contributed by atoms with Crippen LogP contribution in [0.1, 0.15) is 29.5 Å². The van der Waals surface area contributed by atoms with E-state index in [0.29, 0.717) is 22.2 Å². The summed E-state index contributed by atoms with van der Waals surface area (Å²) in [6.45, 7) is 7.21. The van der Waals surface area contributed by atoms with Crippen molar-refractivity contribution in [3.05, 3.63) is 50.6 Å². The number of thiophene rings is 1. The molecule has 0 spiro atoms. The standard InChI is InChI=1S/C23H25N5O3S2/c1-13-9-14(2)19(15(3)10-13)24-18(29)12-33-23-26-25-22-27(11-16-5-4-7-31-16)21(30)20-17(28(22)23)6-8-32-20/h6,8-10,16H,4-5,7,11-12H2,1-3H3,(H,24,29). The van der Waals surface area contributed by atoms with E-state index in [0.717, 1.165) is 41.8 Å². The van der Waals surface area contributed by atoms with Crippen LogP contribution in [0.25, 0.3) is 16.0 Å². The molecule has 1 saturated heterocycles. The van der Waals surface area contributed by atoms with Crippen LogP contribution in [0.5, 0.6) is 0 Å². The first kappa shape index (κ1) is 22.1. The Morgan fingerprint density at radius 3 is 2.79 bits per heavy atom. The number of hydrogen-bond donors (Lipinski definition) is 1. The Bertz CT molecular complexity index is 1390. The van der Waals surface area contributed by atoms with Crippen LogP contribution in [0.2, 0.25) is 0 Å². The molecule has 33 heavy (non-hydrogen) atoms. The Labute approximate surface area is 199 Å². The first-order valence-electron chi connectivity index (χ1n) is 10.9. The lowest BCUT2D eigenvalue weighted by Gasteiger charge is -2.14. The molecule has 8 nitrogen and oxygen atoms in total. The summed E-state index contributed by atoms with van der Waals surface area (Å²) in [6.07, 6.45) is 1.93. The van der Waals surface area contributed by atoms with Crippen LogP contribution < -0.4 is 10.9 Å². The molecule has 1 atom stereocenters. The van der Waals surface area contributed by atoms with Crippen LogP contribution >= 0.6 is 23.1 Å². The molecule has 0 saturated carbocycles. The van der Waals surface area contributed by atoms with E-state index in [1.54, 1.807) is 4.57 Å². The molecular weight excluding hydrogens is 458 g/mol. The number of amides is 1. The number of nitrogens with zero attached hydrogens (tertiary/aromatic N) is 4. The first-order valence-corrected chi connectivity index (χ1v) is 12.8. The molecule has 3 aromatic heterocycles. The minimum atomic E-state index is -0.110. The molecule has 172 valence electrons. The fourth-order valence-corrected chi connectivity index (χ4v) is 6.00. The van der Waals surface area contributed by atoms with Crippen LogP contribution in [0.15, 0.2) is 33.5 Å². The van der Waals surface area contributed by atoms with E-state index in [2.05, 4.69) is 27.6 Å². The number of hydrogen-bond acceptors (Lipinski definition) is 7. The number of carbonyl (C=O) groups is 1. The summed E-state index contributed by atoms with van der Waals surface area (Å²) in [6, 6.07) is 6.02. The molecule has 1 aromatic carbocycles. The van der Waals surface area contributed by atoms with Crippen molar-refractivity contribution in [2.24, 2.45) is 0 Å². The zero-order valence-corrected chi connectivity index (χ0v) is 20.4. The summed E-state index contributed by atoms with van der Waals surface area (Å²) in [5.41, 5.74) is 4.79. The number of nitrogens with one attached hydrogen (secondary N) is 1. The van der Waals surface area contributed by atoms with E-state index in [1.165, 1.54) is 28.7 Å². The number of thioether (sulfide) groups is 1. The van der Waals surface area contributed by atoms with Gasteiger partial charge in [-0.05, 0) is 56.2 Å². The number of ether oxygens (including phenoxy) is 1. The van der Waals surface area contributed by atoms with Gasteiger partial charge in [0, 0.05) is 12.3 Å². The molecule has 1 aliphatic rings. The predicted octanol–water partition coefficient (Wildman–Crippen LogP) is 3.94. The summed E-state index contributed by atoms with van der Waals surface area (Å²) in [5.74, 6) is 0.555. The summed E-state index contributed by atoms with van der Waals surface area (Å²) in [7, 11) is 0. The number of fused-ring (bicyclic) bond motifs is 3. The summed E-state index contributed by atoms with van der Waals surface area (Å²) >= 11 is 2.71. The van der Waals surface area contributed by atoms with Crippen molar-refractivity contribution in [3.8, 4) is 0 Å². The molecule has 1 N–H and O–H groups in total. The van der Waals surface area contributed by atoms with Gasteiger partial charge in [-0.2, -0.15) is 0 Å². The third-order valence-electron chi connectivity index (χ3n) is 5.87. The van der Waals surface area contributed by atoms with E-state index in [1.807, 2.05) is 36.6 Å². The van der Waals surface area contributed by atoms with Gasteiger partial charge >= 0.3 is 0 Å². The largest absolute Gasteiger partial charge is 0.376 e. The first-order chi connectivity index (χ1) is 15.9. The maximum absolute atomic E-state index is 13.1. The lowest BCUT2D eigenvalue weighted by atomic mass is 10.1. The van der Waals surface area contributed by atoms with Crippen LogP contribution in [0.3, 0.4) is 0 Å². The van der Waals surface area contributed by atoms with Crippen molar-refractivity contribution in [2.75, 3.05) is 17.7 Å². The summed E-state index contributed by atoms with van der Waals surface area (Å²) < 4.78 is 9.94. The van der Waals surface area contributed by atoms with Gasteiger partial charge in [-0.1, -0.05) is 29.5 Å². The van der Waals surface area contributed by atoms with E-state index >= 15 is 0 Å². The fraction of sp³-hybridized carbons (Fsp3) is 0.391. The zero-order valence-electron chi connectivity index (χ0n) is 18.8. The number of carbonyl (C=O) groups excluding carboxylic acids is 1.